The molecule has 0 spiro atoms. The van der Waals surface area contributed by atoms with Gasteiger partial charge in [0.15, 0.2) is 0 Å². The van der Waals surface area contributed by atoms with Crippen molar-refractivity contribution in [3.05, 3.63) is 42.5 Å². The molecule has 0 saturated carbocycles. The minimum Gasteiger partial charge on any atom is -0.493 e. The summed E-state index contributed by atoms with van der Waals surface area (Å²) in [6.45, 7) is 11.1. The van der Waals surface area contributed by atoms with Gasteiger partial charge >= 0.3 is 0 Å². The van der Waals surface area contributed by atoms with E-state index in [1.807, 2.05) is 12.1 Å². The normalized spacial score (nSPS) is 22.0. The summed E-state index contributed by atoms with van der Waals surface area (Å²) in [7, 11) is 0. The van der Waals surface area contributed by atoms with Crippen molar-refractivity contribution in [2.24, 2.45) is 5.92 Å². The highest BCUT2D eigenvalue weighted by atomic mass is 16.5. The van der Waals surface area contributed by atoms with Gasteiger partial charge in [0, 0.05) is 0 Å². The summed E-state index contributed by atoms with van der Waals surface area (Å²) in [5.74, 6) is 1.97. The average molecular weight is 288 g/mol. The maximum Gasteiger partial charge on any atom is 0.122 e. The first-order chi connectivity index (χ1) is 10.3. The fourth-order valence-electron chi connectivity index (χ4n) is 3.05. The molecule has 2 nitrogen and oxygen atoms in total. The van der Waals surface area contributed by atoms with Crippen LogP contribution in [-0.4, -0.2) is 26.2 Å². The number of quaternary nitrogens is 1. The van der Waals surface area contributed by atoms with Crippen LogP contribution < -0.4 is 9.64 Å². The van der Waals surface area contributed by atoms with Crippen LogP contribution >= 0.6 is 0 Å². The maximum atomic E-state index is 5.94. The summed E-state index contributed by atoms with van der Waals surface area (Å²) in [6.07, 6.45) is 8.05. The number of ether oxygens (including phenoxy) is 1. The quantitative estimate of drug-likeness (QED) is 0.573. The van der Waals surface area contributed by atoms with Crippen molar-refractivity contribution in [3.8, 4) is 5.75 Å². The zero-order valence-electron chi connectivity index (χ0n) is 13.4. The molecule has 0 unspecified atom stereocenters. The fourth-order valence-corrected chi connectivity index (χ4v) is 3.05. The summed E-state index contributed by atoms with van der Waals surface area (Å²) < 4.78 is 5.94. The summed E-state index contributed by atoms with van der Waals surface area (Å²) in [4.78, 5) is 1.79. The molecule has 0 aliphatic carbocycles. The van der Waals surface area contributed by atoms with E-state index in [4.69, 9.17) is 4.74 Å². The Morgan fingerprint density at radius 1 is 1.24 bits per heavy atom. The molecule has 1 aromatic rings. The number of para-hydroxylation sites is 1. The standard InChI is InChI=1S/C19H29NO/c1-3-8-18-9-4-5-10-19(18)21-16-7-6-13-20-14-11-17(2)12-15-20/h3-5,9-10,17H,1,6-8,11-16H2,2H3/p+1. The lowest BCUT2D eigenvalue weighted by molar-refractivity contribution is -0.906. The van der Waals surface area contributed by atoms with E-state index in [-0.39, 0.29) is 0 Å². The molecule has 0 bridgehead atoms. The molecular weight excluding hydrogens is 258 g/mol. The fraction of sp³-hybridized carbons (Fsp3) is 0.579. The largest absolute Gasteiger partial charge is 0.493 e. The van der Waals surface area contributed by atoms with E-state index in [1.54, 1.807) is 4.90 Å². The number of rotatable bonds is 8. The minimum atomic E-state index is 0.831. The van der Waals surface area contributed by atoms with Crippen LogP contribution in [0.1, 0.15) is 38.2 Å². The zero-order chi connectivity index (χ0) is 14.9. The molecule has 0 atom stereocenters. The number of hydrogen-bond acceptors (Lipinski definition) is 1. The Morgan fingerprint density at radius 3 is 2.76 bits per heavy atom. The number of nitrogens with one attached hydrogen (secondary N) is 1. The Morgan fingerprint density at radius 2 is 2.00 bits per heavy atom. The van der Waals surface area contributed by atoms with Crippen LogP contribution in [0.25, 0.3) is 0 Å². The van der Waals surface area contributed by atoms with E-state index in [0.717, 1.165) is 31.1 Å². The number of allylic oxidation sites excluding steroid dienone is 1. The van der Waals surface area contributed by atoms with Gasteiger partial charge < -0.3 is 9.64 Å². The van der Waals surface area contributed by atoms with Crippen molar-refractivity contribution >= 4 is 0 Å². The van der Waals surface area contributed by atoms with Crippen LogP contribution in [0.3, 0.4) is 0 Å². The van der Waals surface area contributed by atoms with E-state index >= 15 is 0 Å². The Hall–Kier alpha value is -1.28. The SMILES string of the molecule is C=CCc1ccccc1OCCCC[NH+]1CCC(C)CC1. The van der Waals surface area contributed by atoms with E-state index in [0.29, 0.717) is 0 Å². The first-order valence-corrected chi connectivity index (χ1v) is 8.44. The summed E-state index contributed by atoms with van der Waals surface area (Å²) in [5, 5.41) is 0. The third-order valence-corrected chi connectivity index (χ3v) is 4.50. The number of piperidine rings is 1. The van der Waals surface area contributed by atoms with Crippen LogP contribution in [0.15, 0.2) is 36.9 Å². The molecule has 1 saturated heterocycles. The molecule has 1 aliphatic rings. The summed E-state index contributed by atoms with van der Waals surface area (Å²) in [5.41, 5.74) is 1.24. The first kappa shape index (κ1) is 16.1. The van der Waals surface area contributed by atoms with Gasteiger partial charge in [-0.05, 0) is 49.7 Å². The molecule has 1 N–H and O–H groups in total. The molecule has 1 fully saturated rings. The highest BCUT2D eigenvalue weighted by molar-refractivity contribution is 5.34. The van der Waals surface area contributed by atoms with Crippen LogP contribution in [0.2, 0.25) is 0 Å². The lowest BCUT2D eigenvalue weighted by Crippen LogP contribution is -3.13. The number of hydrogen-bond donors (Lipinski definition) is 1. The van der Waals surface area contributed by atoms with E-state index in [9.17, 15) is 0 Å². The molecule has 0 amide bonds. The highest BCUT2D eigenvalue weighted by Gasteiger charge is 2.17. The van der Waals surface area contributed by atoms with Crippen molar-refractivity contribution in [3.63, 3.8) is 0 Å². The Labute approximate surface area is 129 Å². The number of unbranched alkanes of at least 4 members (excludes halogenated alkanes) is 1. The van der Waals surface area contributed by atoms with Crippen molar-refractivity contribution in [2.45, 2.75) is 39.0 Å². The van der Waals surface area contributed by atoms with Crippen LogP contribution in [0.5, 0.6) is 5.75 Å². The second kappa shape index (κ2) is 8.89. The smallest absolute Gasteiger partial charge is 0.122 e. The van der Waals surface area contributed by atoms with E-state index < -0.39 is 0 Å². The lowest BCUT2D eigenvalue weighted by Gasteiger charge is -2.27. The Balaban J connectivity index is 1.62. The third kappa shape index (κ3) is 5.55. The highest BCUT2D eigenvalue weighted by Crippen LogP contribution is 2.18. The Bertz CT molecular complexity index is 421. The van der Waals surface area contributed by atoms with Gasteiger partial charge in [0.2, 0.25) is 0 Å². The Kier molecular flexibility index (Phi) is 6.81. The molecular formula is C19H30NO+. The van der Waals surface area contributed by atoms with E-state index in [2.05, 4.69) is 31.7 Å². The minimum absolute atomic E-state index is 0.831. The van der Waals surface area contributed by atoms with Crippen molar-refractivity contribution in [2.75, 3.05) is 26.2 Å². The summed E-state index contributed by atoms with van der Waals surface area (Å²) >= 11 is 0. The van der Waals surface area contributed by atoms with Gasteiger partial charge in [0.25, 0.3) is 0 Å². The predicted molar refractivity (Wildman–Crippen MR) is 89.0 cm³/mol. The van der Waals surface area contributed by atoms with Gasteiger partial charge in [0.05, 0.1) is 26.2 Å². The molecule has 1 aromatic carbocycles. The molecule has 0 radical (unpaired) electrons. The molecule has 2 rings (SSSR count). The van der Waals surface area contributed by atoms with Crippen molar-refractivity contribution < 1.29 is 9.64 Å². The summed E-state index contributed by atoms with van der Waals surface area (Å²) in [6, 6.07) is 8.29. The molecule has 1 heterocycles. The first-order valence-electron chi connectivity index (χ1n) is 8.44. The molecule has 116 valence electrons. The van der Waals surface area contributed by atoms with Gasteiger partial charge in [-0.25, -0.2) is 0 Å². The number of benzene rings is 1. The number of likely N-dealkylation sites (tertiary alicyclic amines) is 1. The molecule has 21 heavy (non-hydrogen) atoms. The monoisotopic (exact) mass is 288 g/mol. The third-order valence-electron chi connectivity index (χ3n) is 4.50. The zero-order valence-corrected chi connectivity index (χ0v) is 13.4. The van der Waals surface area contributed by atoms with Crippen LogP contribution in [0.4, 0.5) is 0 Å². The molecule has 1 aliphatic heterocycles. The van der Waals surface area contributed by atoms with E-state index in [1.165, 1.54) is 44.5 Å². The topological polar surface area (TPSA) is 13.7 Å². The van der Waals surface area contributed by atoms with Crippen LogP contribution in [0, 0.1) is 5.92 Å². The van der Waals surface area contributed by atoms with Gasteiger partial charge in [0.1, 0.15) is 5.75 Å². The average Bonchev–Trinajstić information content (AvgIpc) is 2.51. The predicted octanol–water partition coefficient (Wildman–Crippen LogP) is 2.89. The second-order valence-electron chi connectivity index (χ2n) is 6.34. The maximum absolute atomic E-state index is 5.94. The lowest BCUT2D eigenvalue weighted by atomic mass is 9.99. The molecule has 2 heteroatoms. The second-order valence-corrected chi connectivity index (χ2v) is 6.34. The van der Waals surface area contributed by atoms with Gasteiger partial charge in [-0.15, -0.1) is 6.58 Å². The van der Waals surface area contributed by atoms with Crippen molar-refractivity contribution in [1.82, 2.24) is 0 Å². The van der Waals surface area contributed by atoms with Crippen LogP contribution in [-0.2, 0) is 6.42 Å². The van der Waals surface area contributed by atoms with Gasteiger partial charge in [-0.2, -0.15) is 0 Å². The molecule has 0 aromatic heterocycles. The van der Waals surface area contributed by atoms with Crippen molar-refractivity contribution in [1.29, 1.82) is 0 Å². The van der Waals surface area contributed by atoms with Gasteiger partial charge in [-0.3, -0.25) is 0 Å². The van der Waals surface area contributed by atoms with Gasteiger partial charge in [-0.1, -0.05) is 31.2 Å².